The highest BCUT2D eigenvalue weighted by Crippen LogP contribution is 2.41. The van der Waals surface area contributed by atoms with Crippen molar-refractivity contribution in [2.75, 3.05) is 24.5 Å². The van der Waals surface area contributed by atoms with Gasteiger partial charge in [-0.3, -0.25) is 4.79 Å². The molecule has 1 amide bonds. The molecular weight excluding hydrogens is 492 g/mol. The Balaban J connectivity index is 1.35. The van der Waals surface area contributed by atoms with Crippen molar-refractivity contribution in [3.8, 4) is 0 Å². The molecule has 1 saturated heterocycles. The van der Waals surface area contributed by atoms with E-state index in [0.717, 1.165) is 66.3 Å². The Morgan fingerprint density at radius 1 is 1.08 bits per heavy atom. The number of hydrogen-bond acceptors (Lipinski definition) is 6. The molecule has 5 rings (SSSR count). The van der Waals surface area contributed by atoms with Gasteiger partial charge in [-0.2, -0.15) is 5.10 Å². The van der Waals surface area contributed by atoms with Crippen LogP contribution in [0.3, 0.4) is 0 Å². The lowest BCUT2D eigenvalue weighted by atomic mass is 9.78. The Morgan fingerprint density at radius 2 is 1.81 bits per heavy atom. The first kappa shape index (κ1) is 25.3. The van der Waals surface area contributed by atoms with Gasteiger partial charge in [-0.15, -0.1) is 0 Å². The molecular formula is C27H35ClN6OS. The first-order valence-corrected chi connectivity index (χ1v) is 14.4. The molecule has 3 heterocycles. The summed E-state index contributed by atoms with van der Waals surface area (Å²) < 4.78 is 1.92. The highest BCUT2D eigenvalue weighted by Gasteiger charge is 2.42. The highest BCUT2D eigenvalue weighted by molar-refractivity contribution is 7.99. The van der Waals surface area contributed by atoms with Gasteiger partial charge in [-0.1, -0.05) is 62.2 Å². The molecule has 1 aliphatic heterocycles. The number of amides is 1. The third-order valence-corrected chi connectivity index (χ3v) is 8.47. The molecule has 7 nitrogen and oxygen atoms in total. The van der Waals surface area contributed by atoms with Crippen LogP contribution < -0.4 is 10.2 Å². The number of aromatic nitrogens is 4. The van der Waals surface area contributed by atoms with Gasteiger partial charge in [0, 0.05) is 29.9 Å². The van der Waals surface area contributed by atoms with E-state index in [2.05, 4.69) is 29.2 Å². The van der Waals surface area contributed by atoms with Crippen LogP contribution in [0.25, 0.3) is 11.0 Å². The fourth-order valence-corrected chi connectivity index (χ4v) is 6.36. The van der Waals surface area contributed by atoms with Crippen molar-refractivity contribution in [2.45, 2.75) is 81.2 Å². The predicted molar refractivity (Wildman–Crippen MR) is 147 cm³/mol. The van der Waals surface area contributed by atoms with E-state index in [4.69, 9.17) is 21.6 Å². The average Bonchev–Trinajstić information content (AvgIpc) is 3.53. The normalized spacial score (nSPS) is 17.7. The minimum absolute atomic E-state index is 0.0958. The van der Waals surface area contributed by atoms with Crippen LogP contribution in [0.1, 0.15) is 64.4 Å². The van der Waals surface area contributed by atoms with Crippen LogP contribution in [-0.2, 0) is 16.8 Å². The van der Waals surface area contributed by atoms with Gasteiger partial charge in [0.25, 0.3) is 0 Å². The van der Waals surface area contributed by atoms with E-state index < -0.39 is 5.41 Å². The Hall–Kier alpha value is -2.32. The van der Waals surface area contributed by atoms with Crippen molar-refractivity contribution in [3.63, 3.8) is 0 Å². The zero-order valence-corrected chi connectivity index (χ0v) is 22.7. The molecule has 192 valence electrons. The van der Waals surface area contributed by atoms with Gasteiger partial charge in [0.2, 0.25) is 5.91 Å². The minimum Gasteiger partial charge on any atom is -0.356 e. The maximum absolute atomic E-state index is 13.5. The molecule has 2 aromatic heterocycles. The van der Waals surface area contributed by atoms with Crippen molar-refractivity contribution < 1.29 is 4.79 Å². The topological polar surface area (TPSA) is 75.9 Å². The number of fused-ring (bicyclic) bond motifs is 1. The third-order valence-electron chi connectivity index (χ3n) is 7.35. The molecule has 3 aromatic rings. The van der Waals surface area contributed by atoms with E-state index in [9.17, 15) is 4.79 Å². The average molecular weight is 527 g/mol. The fourth-order valence-electron chi connectivity index (χ4n) is 5.53. The van der Waals surface area contributed by atoms with Crippen LogP contribution >= 0.6 is 23.4 Å². The summed E-state index contributed by atoms with van der Waals surface area (Å²) in [4.78, 5) is 25.7. The third kappa shape index (κ3) is 5.21. The highest BCUT2D eigenvalue weighted by atomic mass is 35.5. The summed E-state index contributed by atoms with van der Waals surface area (Å²) in [5, 5.41) is 10.7. The van der Waals surface area contributed by atoms with Crippen molar-refractivity contribution in [1.82, 2.24) is 25.1 Å². The first-order valence-electron chi connectivity index (χ1n) is 13.2. The maximum Gasteiger partial charge on any atom is 0.230 e. The Kier molecular flexibility index (Phi) is 7.72. The molecule has 0 atom stereocenters. The van der Waals surface area contributed by atoms with E-state index in [-0.39, 0.29) is 5.91 Å². The standard InChI is InChI=1S/C27H35ClN6OS/c1-19(2)36-26-31-23(33-15-6-3-7-16-33)22-18-30-34(24(22)32-26)17-14-29-25(35)27(12-4-5-13-27)20-8-10-21(28)11-9-20/h8-11,18-19H,3-7,12-17H2,1-2H3,(H,29,35). The number of carbonyl (C=O) groups excluding carboxylic acids is 1. The number of nitrogens with one attached hydrogen (secondary N) is 1. The smallest absolute Gasteiger partial charge is 0.230 e. The number of rotatable bonds is 8. The summed E-state index contributed by atoms with van der Waals surface area (Å²) in [6.45, 7) is 7.42. The van der Waals surface area contributed by atoms with Crippen molar-refractivity contribution in [3.05, 3.63) is 41.0 Å². The lowest BCUT2D eigenvalue weighted by molar-refractivity contribution is -0.126. The first-order chi connectivity index (χ1) is 17.5. The second kappa shape index (κ2) is 11.0. The molecule has 1 aliphatic carbocycles. The maximum atomic E-state index is 13.5. The van der Waals surface area contributed by atoms with E-state index in [1.54, 1.807) is 11.8 Å². The van der Waals surface area contributed by atoms with E-state index in [1.807, 2.05) is 35.1 Å². The number of carbonyl (C=O) groups is 1. The number of piperidine rings is 1. The van der Waals surface area contributed by atoms with E-state index >= 15 is 0 Å². The molecule has 1 N–H and O–H groups in total. The molecule has 36 heavy (non-hydrogen) atoms. The summed E-state index contributed by atoms with van der Waals surface area (Å²) in [7, 11) is 0. The van der Waals surface area contributed by atoms with Gasteiger partial charge in [-0.05, 0) is 49.8 Å². The molecule has 0 bridgehead atoms. The number of anilines is 1. The molecule has 9 heteroatoms. The SMILES string of the molecule is CC(C)Sc1nc(N2CCCCC2)c2cnn(CCNC(=O)C3(c4ccc(Cl)cc4)CCCC3)c2n1. The largest absolute Gasteiger partial charge is 0.356 e. The number of hydrogen-bond donors (Lipinski definition) is 1. The quantitative estimate of drug-likeness (QED) is 0.304. The molecule has 0 unspecified atom stereocenters. The van der Waals surface area contributed by atoms with Crippen LogP contribution in [0.15, 0.2) is 35.6 Å². The van der Waals surface area contributed by atoms with Crippen LogP contribution in [0, 0.1) is 0 Å². The number of benzene rings is 1. The molecule has 0 radical (unpaired) electrons. The second-order valence-electron chi connectivity index (χ2n) is 10.2. The van der Waals surface area contributed by atoms with Gasteiger partial charge in [0.1, 0.15) is 5.82 Å². The lowest BCUT2D eigenvalue weighted by Gasteiger charge is -2.28. The van der Waals surface area contributed by atoms with Crippen molar-refractivity contribution in [1.29, 1.82) is 0 Å². The van der Waals surface area contributed by atoms with Gasteiger partial charge < -0.3 is 10.2 Å². The van der Waals surface area contributed by atoms with Gasteiger partial charge in [0.05, 0.1) is 23.5 Å². The molecule has 2 aliphatic rings. The summed E-state index contributed by atoms with van der Waals surface area (Å²) in [6.07, 6.45) is 9.40. The predicted octanol–water partition coefficient (Wildman–Crippen LogP) is 5.60. The van der Waals surface area contributed by atoms with Crippen molar-refractivity contribution >= 4 is 46.1 Å². The Morgan fingerprint density at radius 3 is 2.50 bits per heavy atom. The molecule has 1 saturated carbocycles. The lowest BCUT2D eigenvalue weighted by Crippen LogP contribution is -2.43. The van der Waals surface area contributed by atoms with Gasteiger partial charge in [0.15, 0.2) is 10.8 Å². The second-order valence-corrected chi connectivity index (χ2v) is 12.2. The summed E-state index contributed by atoms with van der Waals surface area (Å²) in [6, 6.07) is 7.77. The zero-order chi connectivity index (χ0) is 25.1. The van der Waals surface area contributed by atoms with Crippen LogP contribution in [-0.4, -0.2) is 50.5 Å². The van der Waals surface area contributed by atoms with Gasteiger partial charge >= 0.3 is 0 Å². The number of halogens is 1. The summed E-state index contributed by atoms with van der Waals surface area (Å²) in [5.74, 6) is 1.09. The van der Waals surface area contributed by atoms with E-state index in [0.29, 0.717) is 23.4 Å². The van der Waals surface area contributed by atoms with Gasteiger partial charge in [-0.25, -0.2) is 14.6 Å². The van der Waals surface area contributed by atoms with Crippen LogP contribution in [0.4, 0.5) is 5.82 Å². The van der Waals surface area contributed by atoms with Crippen molar-refractivity contribution in [2.24, 2.45) is 0 Å². The monoisotopic (exact) mass is 526 g/mol. The number of thioether (sulfide) groups is 1. The Labute approximate surface area is 222 Å². The summed E-state index contributed by atoms with van der Waals surface area (Å²) >= 11 is 7.78. The molecule has 2 fully saturated rings. The number of nitrogens with zero attached hydrogens (tertiary/aromatic N) is 5. The molecule has 0 spiro atoms. The van der Waals surface area contributed by atoms with E-state index in [1.165, 1.54) is 19.3 Å². The van der Waals surface area contributed by atoms with Crippen LogP contribution in [0.2, 0.25) is 5.02 Å². The Bertz CT molecular complexity index is 1200. The fraction of sp³-hybridized carbons (Fsp3) is 0.556. The summed E-state index contributed by atoms with van der Waals surface area (Å²) in [5.41, 5.74) is 1.43. The minimum atomic E-state index is -0.471. The molecule has 1 aromatic carbocycles. The zero-order valence-electron chi connectivity index (χ0n) is 21.2. The van der Waals surface area contributed by atoms with Crippen LogP contribution in [0.5, 0.6) is 0 Å².